The Bertz CT molecular complexity index is 650. The van der Waals surface area contributed by atoms with Crippen molar-refractivity contribution >= 4 is 28.8 Å². The monoisotopic (exact) mass is 309 g/mol. The molecule has 0 spiro atoms. The third-order valence-corrected chi connectivity index (χ3v) is 3.13. The van der Waals surface area contributed by atoms with Gasteiger partial charge in [0.25, 0.3) is 0 Å². The Kier molecular flexibility index (Phi) is 4.59. The van der Waals surface area contributed by atoms with Crippen molar-refractivity contribution in [3.8, 4) is 17.4 Å². The molecule has 1 heterocycles. The lowest BCUT2D eigenvalue weighted by molar-refractivity contribution is 0.398. The number of rotatable bonds is 5. The summed E-state index contributed by atoms with van der Waals surface area (Å²) in [7, 11) is 4.62. The lowest BCUT2D eigenvalue weighted by Gasteiger charge is -2.15. The molecule has 2 aromatic rings. The number of nitrogens with one attached hydrogen (secondary N) is 1. The zero-order valence-corrected chi connectivity index (χ0v) is 12.7. The quantitative estimate of drug-likeness (QED) is 0.883. The number of nitrogen functional groups attached to an aromatic ring is 1. The van der Waals surface area contributed by atoms with Crippen LogP contribution in [-0.2, 0) is 0 Å². The Morgan fingerprint density at radius 3 is 2.38 bits per heavy atom. The summed E-state index contributed by atoms with van der Waals surface area (Å²) in [6.07, 6.45) is 0. The van der Waals surface area contributed by atoms with Gasteiger partial charge < -0.3 is 25.3 Å². The molecule has 0 bridgehead atoms. The molecule has 0 unspecified atom stereocenters. The smallest absolute Gasteiger partial charge is 0.215 e. The van der Waals surface area contributed by atoms with E-state index in [4.69, 9.17) is 31.5 Å². The van der Waals surface area contributed by atoms with Gasteiger partial charge in [-0.05, 0) is 6.07 Å². The van der Waals surface area contributed by atoms with Crippen LogP contribution in [0, 0.1) is 0 Å². The molecule has 112 valence electrons. The molecular weight excluding hydrogens is 294 g/mol. The van der Waals surface area contributed by atoms with Crippen LogP contribution < -0.4 is 25.3 Å². The summed E-state index contributed by atoms with van der Waals surface area (Å²) in [5.41, 5.74) is 7.01. The zero-order valence-electron chi connectivity index (χ0n) is 11.9. The molecule has 0 aliphatic heterocycles. The summed E-state index contributed by atoms with van der Waals surface area (Å²) in [5.74, 6) is 1.97. The van der Waals surface area contributed by atoms with Crippen LogP contribution in [0.15, 0.2) is 24.3 Å². The van der Waals surface area contributed by atoms with Crippen LogP contribution in [0.4, 0.5) is 17.2 Å². The van der Waals surface area contributed by atoms with Gasteiger partial charge in [-0.15, -0.1) is 0 Å². The first-order valence-electron chi connectivity index (χ1n) is 6.08. The third kappa shape index (κ3) is 3.22. The summed E-state index contributed by atoms with van der Waals surface area (Å²) < 4.78 is 15.6. The summed E-state index contributed by atoms with van der Waals surface area (Å²) in [6, 6.07) is 6.74. The van der Waals surface area contributed by atoms with Gasteiger partial charge in [-0.25, -0.2) is 0 Å². The minimum atomic E-state index is 0.450. The molecule has 7 heteroatoms. The van der Waals surface area contributed by atoms with Crippen molar-refractivity contribution < 1.29 is 14.2 Å². The van der Waals surface area contributed by atoms with Crippen LogP contribution in [-0.4, -0.2) is 26.3 Å². The van der Waals surface area contributed by atoms with Crippen LogP contribution in [0.3, 0.4) is 0 Å². The van der Waals surface area contributed by atoms with Crippen molar-refractivity contribution in [3.63, 3.8) is 0 Å². The van der Waals surface area contributed by atoms with Crippen LogP contribution >= 0.6 is 11.6 Å². The molecule has 0 aliphatic rings. The fraction of sp³-hybridized carbons (Fsp3) is 0.214. The van der Waals surface area contributed by atoms with Gasteiger partial charge in [0.2, 0.25) is 5.88 Å². The molecular formula is C14H16ClN3O3. The number of aromatic nitrogens is 1. The largest absolute Gasteiger partial charge is 0.495 e. The van der Waals surface area contributed by atoms with Gasteiger partial charge in [-0.2, -0.15) is 4.98 Å². The predicted octanol–water partition coefficient (Wildman–Crippen LogP) is 3.09. The van der Waals surface area contributed by atoms with Crippen LogP contribution in [0.25, 0.3) is 0 Å². The van der Waals surface area contributed by atoms with E-state index >= 15 is 0 Å². The van der Waals surface area contributed by atoms with E-state index in [2.05, 4.69) is 10.3 Å². The number of pyridine rings is 1. The van der Waals surface area contributed by atoms with E-state index in [1.54, 1.807) is 31.4 Å². The highest BCUT2D eigenvalue weighted by atomic mass is 35.5. The normalized spacial score (nSPS) is 10.1. The van der Waals surface area contributed by atoms with E-state index in [1.807, 2.05) is 0 Å². The molecule has 0 radical (unpaired) electrons. The summed E-state index contributed by atoms with van der Waals surface area (Å²) in [5, 5.41) is 3.54. The summed E-state index contributed by atoms with van der Waals surface area (Å²) >= 11 is 6.07. The molecule has 1 aromatic carbocycles. The number of benzene rings is 1. The Balaban J connectivity index is 2.43. The lowest BCUT2D eigenvalue weighted by atomic mass is 10.2. The van der Waals surface area contributed by atoms with Gasteiger partial charge in [0.05, 0.1) is 37.7 Å². The van der Waals surface area contributed by atoms with Crippen molar-refractivity contribution in [2.75, 3.05) is 32.4 Å². The van der Waals surface area contributed by atoms with Crippen molar-refractivity contribution in [2.24, 2.45) is 0 Å². The van der Waals surface area contributed by atoms with E-state index in [0.29, 0.717) is 39.6 Å². The Morgan fingerprint density at radius 2 is 1.76 bits per heavy atom. The fourth-order valence-electron chi connectivity index (χ4n) is 1.75. The van der Waals surface area contributed by atoms with Crippen molar-refractivity contribution in [1.82, 2.24) is 4.98 Å². The van der Waals surface area contributed by atoms with Gasteiger partial charge in [-0.1, -0.05) is 11.6 Å². The maximum Gasteiger partial charge on any atom is 0.215 e. The molecule has 1 aromatic heterocycles. The SMILES string of the molecule is COc1ccc(N)c(Nc2cc(OC)c(Cl)cc2OC)n1. The lowest BCUT2D eigenvalue weighted by Crippen LogP contribution is -2.02. The maximum atomic E-state index is 6.07. The number of hydrogen-bond donors (Lipinski definition) is 2. The van der Waals surface area contributed by atoms with Crippen LogP contribution in [0.1, 0.15) is 0 Å². The molecule has 21 heavy (non-hydrogen) atoms. The average molecular weight is 310 g/mol. The van der Waals surface area contributed by atoms with Gasteiger partial charge in [0, 0.05) is 18.2 Å². The van der Waals surface area contributed by atoms with E-state index in [9.17, 15) is 0 Å². The second kappa shape index (κ2) is 6.41. The van der Waals surface area contributed by atoms with E-state index in [0.717, 1.165) is 0 Å². The number of anilines is 3. The van der Waals surface area contributed by atoms with Gasteiger partial charge in [-0.3, -0.25) is 0 Å². The Labute approximate surface area is 127 Å². The third-order valence-electron chi connectivity index (χ3n) is 2.84. The zero-order chi connectivity index (χ0) is 15.4. The predicted molar refractivity (Wildman–Crippen MR) is 83.0 cm³/mol. The number of methoxy groups -OCH3 is 3. The molecule has 0 aliphatic carbocycles. The number of nitrogens with two attached hydrogens (primary N) is 1. The molecule has 3 N–H and O–H groups in total. The number of halogens is 1. The highest BCUT2D eigenvalue weighted by Crippen LogP contribution is 2.38. The highest BCUT2D eigenvalue weighted by molar-refractivity contribution is 6.32. The molecule has 2 rings (SSSR count). The van der Waals surface area contributed by atoms with Crippen LogP contribution in [0.2, 0.25) is 5.02 Å². The maximum absolute atomic E-state index is 6.07. The minimum Gasteiger partial charge on any atom is -0.495 e. The molecule has 0 fully saturated rings. The highest BCUT2D eigenvalue weighted by Gasteiger charge is 2.12. The standard InChI is InChI=1S/C14H16ClN3O3/c1-19-11-7-10(12(20-2)6-8(11)15)17-14-9(16)4-5-13(18-14)21-3/h4-7H,16H2,1-3H3,(H,17,18). The van der Waals surface area contributed by atoms with E-state index < -0.39 is 0 Å². The Hall–Kier alpha value is -2.34. The fourth-order valence-corrected chi connectivity index (χ4v) is 1.98. The topological polar surface area (TPSA) is 78.6 Å². The van der Waals surface area contributed by atoms with Crippen molar-refractivity contribution in [3.05, 3.63) is 29.3 Å². The van der Waals surface area contributed by atoms with Gasteiger partial charge in [0.15, 0.2) is 5.82 Å². The van der Waals surface area contributed by atoms with Crippen molar-refractivity contribution in [1.29, 1.82) is 0 Å². The van der Waals surface area contributed by atoms with E-state index in [1.165, 1.54) is 14.2 Å². The average Bonchev–Trinajstić information content (AvgIpc) is 2.50. The number of hydrogen-bond acceptors (Lipinski definition) is 6. The van der Waals surface area contributed by atoms with Gasteiger partial charge >= 0.3 is 0 Å². The first-order chi connectivity index (χ1) is 10.1. The van der Waals surface area contributed by atoms with Crippen molar-refractivity contribution in [2.45, 2.75) is 0 Å². The molecule has 0 amide bonds. The van der Waals surface area contributed by atoms with E-state index in [-0.39, 0.29) is 0 Å². The van der Waals surface area contributed by atoms with Gasteiger partial charge in [0.1, 0.15) is 11.5 Å². The van der Waals surface area contributed by atoms with Crippen LogP contribution in [0.5, 0.6) is 17.4 Å². The Morgan fingerprint density at radius 1 is 1.05 bits per heavy atom. The second-order valence-corrected chi connectivity index (χ2v) is 4.51. The minimum absolute atomic E-state index is 0.450. The number of nitrogens with zero attached hydrogens (tertiary/aromatic N) is 1. The first kappa shape index (κ1) is 15.1. The summed E-state index contributed by atoms with van der Waals surface area (Å²) in [4.78, 5) is 4.25. The molecule has 0 atom stereocenters. The summed E-state index contributed by atoms with van der Waals surface area (Å²) in [6.45, 7) is 0. The first-order valence-corrected chi connectivity index (χ1v) is 6.46. The molecule has 0 saturated carbocycles. The number of ether oxygens (including phenoxy) is 3. The second-order valence-electron chi connectivity index (χ2n) is 4.10. The molecule has 0 saturated heterocycles. The molecule has 6 nitrogen and oxygen atoms in total.